The first-order valence-corrected chi connectivity index (χ1v) is 7.04. The van der Waals surface area contributed by atoms with Crippen LogP contribution in [0.5, 0.6) is 0 Å². The number of nitrogens with one attached hydrogen (secondary N) is 2. The summed E-state index contributed by atoms with van der Waals surface area (Å²) in [7, 11) is 0. The predicted molar refractivity (Wildman–Crippen MR) is 82.4 cm³/mol. The van der Waals surface area contributed by atoms with Crippen molar-refractivity contribution in [2.24, 2.45) is 0 Å². The van der Waals surface area contributed by atoms with Crippen molar-refractivity contribution in [2.75, 3.05) is 11.9 Å². The van der Waals surface area contributed by atoms with Gasteiger partial charge in [-0.05, 0) is 18.6 Å². The molecule has 0 aliphatic carbocycles. The summed E-state index contributed by atoms with van der Waals surface area (Å²) in [6.45, 7) is 3.51. The van der Waals surface area contributed by atoms with Gasteiger partial charge in [0.05, 0.1) is 17.0 Å². The number of aromatic nitrogens is 1. The van der Waals surface area contributed by atoms with Crippen LogP contribution < -0.4 is 10.3 Å². The number of anilines is 1. The maximum absolute atomic E-state index is 13.6. The van der Waals surface area contributed by atoms with E-state index < -0.39 is 4.92 Å². The Kier molecular flexibility index (Phi) is 4.86. The number of aryl methyl sites for hydroxylation is 1. The molecule has 0 atom stereocenters. The normalized spacial score (nSPS) is 10.2. The zero-order chi connectivity index (χ0) is 17.0. The number of halogens is 1. The minimum Gasteiger partial charge on any atom is -0.273 e. The first-order valence-electron chi connectivity index (χ1n) is 7.04. The quantitative estimate of drug-likeness (QED) is 0.678. The van der Waals surface area contributed by atoms with Gasteiger partial charge in [0, 0.05) is 13.3 Å². The van der Waals surface area contributed by atoms with E-state index in [0.29, 0.717) is 35.6 Å². The van der Waals surface area contributed by atoms with E-state index >= 15 is 0 Å². The van der Waals surface area contributed by atoms with Gasteiger partial charge in [-0.15, -0.1) is 0 Å². The highest BCUT2D eigenvalue weighted by atomic mass is 19.1. The van der Waals surface area contributed by atoms with Crippen LogP contribution in [0, 0.1) is 41.1 Å². The fourth-order valence-corrected chi connectivity index (χ4v) is 2.47. The molecule has 1 aromatic heterocycles. The smallest absolute Gasteiger partial charge is 0.273 e. The Morgan fingerprint density at radius 2 is 2.09 bits per heavy atom. The molecule has 1 aromatic carbocycles. The van der Waals surface area contributed by atoms with E-state index in [1.165, 1.54) is 6.07 Å². The summed E-state index contributed by atoms with van der Waals surface area (Å²) in [6.07, 6.45) is 0.431. The van der Waals surface area contributed by atoms with E-state index in [2.05, 4.69) is 10.3 Å². The topological polar surface area (TPSA) is 93.1 Å². The maximum atomic E-state index is 13.6. The van der Waals surface area contributed by atoms with E-state index in [1.807, 2.05) is 6.07 Å². The Morgan fingerprint density at radius 1 is 1.39 bits per heavy atom. The third-order valence-electron chi connectivity index (χ3n) is 3.60. The van der Waals surface area contributed by atoms with E-state index in [1.54, 1.807) is 32.0 Å². The van der Waals surface area contributed by atoms with E-state index in [4.69, 9.17) is 0 Å². The number of nitrogens with zero attached hydrogens (tertiary/aromatic N) is 2. The van der Waals surface area contributed by atoms with Gasteiger partial charge in [0.1, 0.15) is 11.9 Å². The maximum Gasteiger partial charge on any atom is 0.315 e. The number of hydrogen-bond acceptors (Lipinski definition) is 4. The molecule has 6 nitrogen and oxygen atoms in total. The molecule has 23 heavy (non-hydrogen) atoms. The molecule has 0 bridgehead atoms. The van der Waals surface area contributed by atoms with Crippen LogP contribution in [0.15, 0.2) is 24.3 Å². The number of H-pyrrole nitrogens is 1. The van der Waals surface area contributed by atoms with Crippen LogP contribution >= 0.6 is 0 Å². The zero-order valence-corrected chi connectivity index (χ0v) is 12.8. The van der Waals surface area contributed by atoms with Gasteiger partial charge in [-0.2, -0.15) is 5.26 Å². The van der Waals surface area contributed by atoms with Crippen molar-refractivity contribution in [3.05, 3.63) is 62.6 Å². The van der Waals surface area contributed by atoms with Crippen molar-refractivity contribution in [1.82, 2.24) is 0 Å². The summed E-state index contributed by atoms with van der Waals surface area (Å²) < 4.78 is 13.6. The largest absolute Gasteiger partial charge is 0.315 e. The number of pyridine rings is 1. The van der Waals surface area contributed by atoms with Crippen LogP contribution in [-0.2, 0) is 6.42 Å². The molecular weight excluding hydrogens is 299 g/mol. The Balaban J connectivity index is 2.22. The number of benzene rings is 1. The number of nitriles is 1. The van der Waals surface area contributed by atoms with Gasteiger partial charge in [0.15, 0.2) is 11.3 Å². The summed E-state index contributed by atoms with van der Waals surface area (Å²) >= 11 is 0. The fourth-order valence-electron chi connectivity index (χ4n) is 2.47. The highest BCUT2D eigenvalue weighted by Crippen LogP contribution is 2.26. The zero-order valence-electron chi connectivity index (χ0n) is 12.8. The molecule has 0 saturated heterocycles. The molecule has 0 aliphatic heterocycles. The SMILES string of the molecule is Cc1[nH+]c(NCCc2ccccc2F)c(C#N)c(C)c1[N+](=O)[O-]. The molecule has 0 unspecified atom stereocenters. The summed E-state index contributed by atoms with van der Waals surface area (Å²) in [5.74, 6) is 0.124. The first-order chi connectivity index (χ1) is 11.0. The third-order valence-corrected chi connectivity index (χ3v) is 3.60. The lowest BCUT2D eigenvalue weighted by Gasteiger charge is -2.06. The van der Waals surface area contributed by atoms with Crippen LogP contribution in [0.4, 0.5) is 15.9 Å². The molecule has 0 amide bonds. The lowest BCUT2D eigenvalue weighted by molar-refractivity contribution is -0.419. The first kappa shape index (κ1) is 16.4. The highest BCUT2D eigenvalue weighted by molar-refractivity contribution is 5.59. The molecule has 7 heteroatoms. The Labute approximate surface area is 132 Å². The van der Waals surface area contributed by atoms with Crippen LogP contribution in [0.3, 0.4) is 0 Å². The van der Waals surface area contributed by atoms with Gasteiger partial charge in [0.25, 0.3) is 5.82 Å². The molecule has 0 aliphatic rings. The molecule has 0 radical (unpaired) electrons. The number of hydrogen-bond donors (Lipinski definition) is 1. The minimum atomic E-state index is -0.509. The highest BCUT2D eigenvalue weighted by Gasteiger charge is 2.26. The molecule has 0 fully saturated rings. The molecule has 1 heterocycles. The number of aromatic amines is 1. The predicted octanol–water partition coefficient (Wildman–Crippen LogP) is 2.69. The molecule has 2 rings (SSSR count). The van der Waals surface area contributed by atoms with Crippen molar-refractivity contribution in [2.45, 2.75) is 20.3 Å². The standard InChI is InChI=1S/C16H15FN4O2/c1-10-13(9-18)16(20-11(2)15(10)21(22)23)19-8-7-12-5-3-4-6-14(12)17/h3-6H,7-8H2,1-2H3,(H,19,20)/p+1. The van der Waals surface area contributed by atoms with Crippen molar-refractivity contribution in [3.63, 3.8) is 0 Å². The Morgan fingerprint density at radius 3 is 2.70 bits per heavy atom. The van der Waals surface area contributed by atoms with Gasteiger partial charge in [-0.3, -0.25) is 15.4 Å². The number of nitro groups is 1. The molecule has 0 saturated carbocycles. The second-order valence-electron chi connectivity index (χ2n) is 5.11. The monoisotopic (exact) mass is 315 g/mol. The molecular formula is C16H16FN4O2+. The molecule has 118 valence electrons. The van der Waals surface area contributed by atoms with Crippen molar-refractivity contribution in [1.29, 1.82) is 5.26 Å². The summed E-state index contributed by atoms with van der Waals surface area (Å²) in [5, 5.41) is 23.4. The number of rotatable bonds is 5. The third kappa shape index (κ3) is 3.43. The Hall–Kier alpha value is -3.01. The van der Waals surface area contributed by atoms with Gasteiger partial charge < -0.3 is 0 Å². The van der Waals surface area contributed by atoms with Crippen molar-refractivity contribution in [3.8, 4) is 6.07 Å². The lowest BCUT2D eigenvalue weighted by atomic mass is 10.1. The van der Waals surface area contributed by atoms with Gasteiger partial charge in [-0.25, -0.2) is 9.37 Å². The van der Waals surface area contributed by atoms with Crippen molar-refractivity contribution < 1.29 is 14.3 Å². The molecule has 2 aromatic rings. The van der Waals surface area contributed by atoms with Crippen LogP contribution in [-0.4, -0.2) is 11.5 Å². The van der Waals surface area contributed by atoms with Gasteiger partial charge in [0.2, 0.25) is 0 Å². The van der Waals surface area contributed by atoms with E-state index in [0.717, 1.165) is 0 Å². The van der Waals surface area contributed by atoms with Crippen LogP contribution in [0.25, 0.3) is 0 Å². The average Bonchev–Trinajstić information content (AvgIpc) is 2.48. The van der Waals surface area contributed by atoms with Crippen LogP contribution in [0.2, 0.25) is 0 Å². The minimum absolute atomic E-state index is 0.0961. The van der Waals surface area contributed by atoms with Crippen molar-refractivity contribution >= 4 is 11.5 Å². The molecule has 2 N–H and O–H groups in total. The Bertz CT molecular complexity index is 799. The van der Waals surface area contributed by atoms with Gasteiger partial charge in [-0.1, -0.05) is 18.2 Å². The van der Waals surface area contributed by atoms with Crippen LogP contribution in [0.1, 0.15) is 22.4 Å². The van der Waals surface area contributed by atoms with E-state index in [9.17, 15) is 19.8 Å². The lowest BCUT2D eigenvalue weighted by Crippen LogP contribution is -2.22. The summed E-state index contributed by atoms with van der Waals surface area (Å²) in [4.78, 5) is 13.4. The summed E-state index contributed by atoms with van der Waals surface area (Å²) in [5.41, 5.74) is 1.33. The average molecular weight is 315 g/mol. The second kappa shape index (κ2) is 6.83. The van der Waals surface area contributed by atoms with Gasteiger partial charge >= 0.3 is 5.69 Å². The second-order valence-corrected chi connectivity index (χ2v) is 5.11. The summed E-state index contributed by atoms with van der Waals surface area (Å²) in [6, 6.07) is 8.44. The molecule has 0 spiro atoms. The van der Waals surface area contributed by atoms with E-state index in [-0.39, 0.29) is 17.1 Å². The fraction of sp³-hybridized carbons (Fsp3) is 0.250.